The van der Waals surface area contributed by atoms with Gasteiger partial charge < -0.3 is 11.1 Å². The van der Waals surface area contributed by atoms with Crippen molar-refractivity contribution in [3.63, 3.8) is 0 Å². The van der Waals surface area contributed by atoms with Crippen molar-refractivity contribution in [3.05, 3.63) is 0 Å². The molecule has 1 amide bonds. The summed E-state index contributed by atoms with van der Waals surface area (Å²) in [6.07, 6.45) is 8.23. The van der Waals surface area contributed by atoms with Gasteiger partial charge in [0.2, 0.25) is 5.91 Å². The van der Waals surface area contributed by atoms with Crippen molar-refractivity contribution < 1.29 is 4.79 Å². The van der Waals surface area contributed by atoms with Crippen LogP contribution in [0.15, 0.2) is 0 Å². The van der Waals surface area contributed by atoms with Crippen LogP contribution < -0.4 is 11.1 Å². The minimum absolute atomic E-state index is 0.0455. The maximum absolute atomic E-state index is 11.8. The summed E-state index contributed by atoms with van der Waals surface area (Å²) in [6, 6.07) is 0. The van der Waals surface area contributed by atoms with Crippen molar-refractivity contribution in [2.45, 2.75) is 44.9 Å². The summed E-state index contributed by atoms with van der Waals surface area (Å²) in [6.45, 7) is 1.92. The number of nitrogens with two attached hydrogens (primary N) is 1. The van der Waals surface area contributed by atoms with E-state index in [9.17, 15) is 4.79 Å². The van der Waals surface area contributed by atoms with Crippen LogP contribution in [-0.2, 0) is 4.79 Å². The van der Waals surface area contributed by atoms with Crippen LogP contribution in [0.1, 0.15) is 44.9 Å². The van der Waals surface area contributed by atoms with Crippen LogP contribution >= 0.6 is 0 Å². The second kappa shape index (κ2) is 4.52. The molecule has 2 fully saturated rings. The van der Waals surface area contributed by atoms with E-state index in [0.29, 0.717) is 5.92 Å². The standard InChI is InChI=1S/C12H22N2O/c13-11(15)12(6-8-14-9-7-12)10-4-2-1-3-5-10/h10,14H,1-9H2,(H2,13,15). The van der Waals surface area contributed by atoms with Gasteiger partial charge in [0.15, 0.2) is 0 Å². The maximum Gasteiger partial charge on any atom is 0.224 e. The minimum atomic E-state index is -0.175. The number of piperidine rings is 1. The monoisotopic (exact) mass is 210 g/mol. The molecule has 0 unspecified atom stereocenters. The van der Waals surface area contributed by atoms with Crippen molar-refractivity contribution in [2.75, 3.05) is 13.1 Å². The Kier molecular flexibility index (Phi) is 3.29. The Morgan fingerprint density at radius 1 is 1.13 bits per heavy atom. The highest BCUT2D eigenvalue weighted by atomic mass is 16.1. The first-order chi connectivity index (χ1) is 7.26. The van der Waals surface area contributed by atoms with E-state index in [1.165, 1.54) is 32.1 Å². The van der Waals surface area contributed by atoms with Gasteiger partial charge in [-0.25, -0.2) is 0 Å². The zero-order chi connectivity index (χ0) is 10.7. The summed E-state index contributed by atoms with van der Waals surface area (Å²) in [5.41, 5.74) is 5.49. The summed E-state index contributed by atoms with van der Waals surface area (Å²) in [5.74, 6) is 0.516. The fourth-order valence-electron chi connectivity index (χ4n) is 3.38. The van der Waals surface area contributed by atoms with Crippen LogP contribution in [-0.4, -0.2) is 19.0 Å². The van der Waals surface area contributed by atoms with Gasteiger partial charge >= 0.3 is 0 Å². The molecule has 0 aromatic carbocycles. The zero-order valence-electron chi connectivity index (χ0n) is 9.43. The average molecular weight is 210 g/mol. The summed E-state index contributed by atoms with van der Waals surface area (Å²) < 4.78 is 0. The topological polar surface area (TPSA) is 55.1 Å². The fraction of sp³-hybridized carbons (Fsp3) is 0.917. The summed E-state index contributed by atoms with van der Waals surface area (Å²) in [4.78, 5) is 11.8. The van der Waals surface area contributed by atoms with Crippen molar-refractivity contribution in [1.29, 1.82) is 0 Å². The van der Waals surface area contributed by atoms with Gasteiger partial charge in [-0.05, 0) is 44.7 Å². The number of nitrogens with one attached hydrogen (secondary N) is 1. The first kappa shape index (κ1) is 10.9. The molecule has 0 aromatic rings. The molecule has 3 nitrogen and oxygen atoms in total. The van der Waals surface area contributed by atoms with E-state index < -0.39 is 0 Å². The van der Waals surface area contributed by atoms with E-state index in [4.69, 9.17) is 5.73 Å². The Morgan fingerprint density at radius 3 is 2.27 bits per heavy atom. The van der Waals surface area contributed by atoms with E-state index in [0.717, 1.165) is 25.9 Å². The molecule has 0 spiro atoms. The third-order valence-corrected chi connectivity index (χ3v) is 4.37. The Labute approximate surface area is 91.8 Å². The molecule has 2 aliphatic rings. The molecule has 0 atom stereocenters. The first-order valence-corrected chi connectivity index (χ1v) is 6.26. The average Bonchev–Trinajstić information content (AvgIpc) is 2.31. The van der Waals surface area contributed by atoms with Gasteiger partial charge in [-0.15, -0.1) is 0 Å². The largest absolute Gasteiger partial charge is 0.369 e. The number of primary amides is 1. The lowest BCUT2D eigenvalue weighted by Crippen LogP contribution is -2.50. The number of hydrogen-bond donors (Lipinski definition) is 2. The number of hydrogen-bond acceptors (Lipinski definition) is 2. The lowest BCUT2D eigenvalue weighted by Gasteiger charge is -2.43. The highest BCUT2D eigenvalue weighted by molar-refractivity contribution is 5.81. The van der Waals surface area contributed by atoms with Crippen LogP contribution in [0.5, 0.6) is 0 Å². The van der Waals surface area contributed by atoms with Crippen LogP contribution in [0.4, 0.5) is 0 Å². The van der Waals surface area contributed by atoms with Gasteiger partial charge in [-0.3, -0.25) is 4.79 Å². The molecule has 1 saturated heterocycles. The molecule has 1 saturated carbocycles. The quantitative estimate of drug-likeness (QED) is 0.724. The number of rotatable bonds is 2. The van der Waals surface area contributed by atoms with Gasteiger partial charge in [-0.1, -0.05) is 19.3 Å². The van der Waals surface area contributed by atoms with E-state index in [1.54, 1.807) is 0 Å². The highest BCUT2D eigenvalue weighted by Gasteiger charge is 2.44. The van der Waals surface area contributed by atoms with Gasteiger partial charge in [0, 0.05) is 0 Å². The molecule has 1 heterocycles. The Balaban J connectivity index is 2.12. The van der Waals surface area contributed by atoms with Gasteiger partial charge in [0.25, 0.3) is 0 Å². The first-order valence-electron chi connectivity index (χ1n) is 6.26. The number of carbonyl (C=O) groups excluding carboxylic acids is 1. The van der Waals surface area contributed by atoms with E-state index in [1.807, 2.05) is 0 Å². The van der Waals surface area contributed by atoms with Gasteiger partial charge in [0.1, 0.15) is 0 Å². The number of carbonyl (C=O) groups is 1. The molecule has 0 aromatic heterocycles. The molecule has 15 heavy (non-hydrogen) atoms. The minimum Gasteiger partial charge on any atom is -0.369 e. The van der Waals surface area contributed by atoms with Crippen molar-refractivity contribution in [3.8, 4) is 0 Å². The fourth-order valence-corrected chi connectivity index (χ4v) is 3.38. The molecule has 1 aliphatic carbocycles. The molecule has 0 radical (unpaired) electrons. The van der Waals surface area contributed by atoms with Crippen molar-refractivity contribution in [1.82, 2.24) is 5.32 Å². The summed E-state index contributed by atoms with van der Waals surface area (Å²) >= 11 is 0. The Bertz CT molecular complexity index is 228. The molecule has 3 heteroatoms. The number of amides is 1. The molecule has 0 bridgehead atoms. The predicted octanol–water partition coefficient (Wildman–Crippen LogP) is 1.42. The molecule has 86 valence electrons. The van der Waals surface area contributed by atoms with Crippen LogP contribution in [0, 0.1) is 11.3 Å². The SMILES string of the molecule is NC(=O)C1(C2CCCCC2)CCNCC1. The Morgan fingerprint density at radius 2 is 1.73 bits per heavy atom. The molecule has 2 rings (SSSR count). The van der Waals surface area contributed by atoms with E-state index in [-0.39, 0.29) is 11.3 Å². The van der Waals surface area contributed by atoms with Crippen molar-refractivity contribution in [2.24, 2.45) is 17.1 Å². The van der Waals surface area contributed by atoms with Crippen molar-refractivity contribution >= 4 is 5.91 Å². The predicted molar refractivity (Wildman–Crippen MR) is 60.3 cm³/mol. The van der Waals surface area contributed by atoms with E-state index in [2.05, 4.69) is 5.32 Å². The Hall–Kier alpha value is -0.570. The lowest BCUT2D eigenvalue weighted by atomic mass is 9.63. The molecule has 1 aliphatic heterocycles. The maximum atomic E-state index is 11.8. The smallest absolute Gasteiger partial charge is 0.224 e. The zero-order valence-corrected chi connectivity index (χ0v) is 9.43. The van der Waals surface area contributed by atoms with Crippen LogP contribution in [0.3, 0.4) is 0 Å². The molecular formula is C12H22N2O. The molecule has 3 N–H and O–H groups in total. The third-order valence-electron chi connectivity index (χ3n) is 4.37. The van der Waals surface area contributed by atoms with Crippen LogP contribution in [0.2, 0.25) is 0 Å². The van der Waals surface area contributed by atoms with Gasteiger partial charge in [-0.2, -0.15) is 0 Å². The second-order valence-corrected chi connectivity index (χ2v) is 5.11. The van der Waals surface area contributed by atoms with E-state index >= 15 is 0 Å². The third kappa shape index (κ3) is 2.03. The summed E-state index contributed by atoms with van der Waals surface area (Å²) in [5, 5.41) is 3.33. The summed E-state index contributed by atoms with van der Waals surface area (Å²) in [7, 11) is 0. The highest BCUT2D eigenvalue weighted by Crippen LogP contribution is 2.44. The van der Waals surface area contributed by atoms with Gasteiger partial charge in [0.05, 0.1) is 5.41 Å². The normalized spacial score (nSPS) is 27.5. The van der Waals surface area contributed by atoms with Crippen LogP contribution in [0.25, 0.3) is 0 Å². The second-order valence-electron chi connectivity index (χ2n) is 5.11. The lowest BCUT2D eigenvalue weighted by molar-refractivity contribution is -0.133. The molecular weight excluding hydrogens is 188 g/mol.